The molecule has 190 valence electrons. The second kappa shape index (κ2) is 13.7. The number of rotatable bonds is 12. The van der Waals surface area contributed by atoms with Crippen molar-refractivity contribution in [3.63, 3.8) is 0 Å². The Hall–Kier alpha value is -2.87. The Bertz CT molecular complexity index is 832. The number of aliphatic hydroxyl groups is 1. The number of carbonyl (C=O) groups is 3. The van der Waals surface area contributed by atoms with Crippen LogP contribution in [0.25, 0.3) is 6.08 Å². The molecule has 3 N–H and O–H groups in total. The second-order valence-corrected chi connectivity index (χ2v) is 9.50. The van der Waals surface area contributed by atoms with Crippen molar-refractivity contribution >= 4 is 24.0 Å². The molecule has 0 bridgehead atoms. The van der Waals surface area contributed by atoms with Gasteiger partial charge in [-0.15, -0.1) is 0 Å². The molecule has 1 rings (SSSR count). The van der Waals surface area contributed by atoms with E-state index in [0.29, 0.717) is 12.1 Å². The number of aliphatic hydroxyl groups excluding tert-OH is 1. The van der Waals surface area contributed by atoms with Crippen LogP contribution in [0.2, 0.25) is 0 Å². The minimum absolute atomic E-state index is 0.326. The molecule has 8 nitrogen and oxygen atoms in total. The zero-order valence-corrected chi connectivity index (χ0v) is 21.4. The molecule has 2 unspecified atom stereocenters. The summed E-state index contributed by atoms with van der Waals surface area (Å²) in [7, 11) is 0. The number of unbranched alkanes of at least 4 members (excludes halogenated alkanes) is 2. The summed E-state index contributed by atoms with van der Waals surface area (Å²) < 4.78 is 5.24. The quantitative estimate of drug-likeness (QED) is 0.399. The summed E-state index contributed by atoms with van der Waals surface area (Å²) in [5.74, 6) is -0.908. The van der Waals surface area contributed by atoms with E-state index in [9.17, 15) is 19.5 Å². The van der Waals surface area contributed by atoms with Gasteiger partial charge < -0.3 is 25.4 Å². The Morgan fingerprint density at radius 1 is 1.21 bits per heavy atom. The largest absolute Gasteiger partial charge is 0.444 e. The molecule has 0 saturated heterocycles. The predicted molar refractivity (Wildman–Crippen MR) is 134 cm³/mol. The van der Waals surface area contributed by atoms with Gasteiger partial charge in [-0.05, 0) is 58.2 Å². The highest BCUT2D eigenvalue weighted by Gasteiger charge is 2.37. The third-order valence-corrected chi connectivity index (χ3v) is 5.05. The Labute approximate surface area is 203 Å². The Morgan fingerprint density at radius 3 is 2.41 bits per heavy atom. The highest BCUT2D eigenvalue weighted by Crippen LogP contribution is 2.26. The van der Waals surface area contributed by atoms with Crippen LogP contribution in [-0.4, -0.2) is 58.8 Å². The Balaban J connectivity index is 3.32. The molecule has 0 spiro atoms. The van der Waals surface area contributed by atoms with Crippen molar-refractivity contribution in [2.45, 2.75) is 84.5 Å². The first kappa shape index (κ1) is 29.2. The van der Waals surface area contributed by atoms with Crippen molar-refractivity contribution in [1.29, 1.82) is 0 Å². The van der Waals surface area contributed by atoms with Gasteiger partial charge in [0.25, 0.3) is 0 Å². The van der Waals surface area contributed by atoms with E-state index in [1.54, 1.807) is 58.9 Å². The molecule has 1 aromatic carbocycles. The van der Waals surface area contributed by atoms with Crippen molar-refractivity contribution in [2.24, 2.45) is 0 Å². The summed E-state index contributed by atoms with van der Waals surface area (Å²) in [5, 5.41) is 15.3. The molecule has 0 aliphatic heterocycles. The van der Waals surface area contributed by atoms with Crippen LogP contribution in [0, 0.1) is 0 Å². The normalized spacial score (nSPS) is 13.1. The van der Waals surface area contributed by atoms with E-state index >= 15 is 0 Å². The maximum Gasteiger partial charge on any atom is 0.408 e. The number of benzene rings is 1. The third kappa shape index (κ3) is 9.17. The zero-order valence-electron chi connectivity index (χ0n) is 21.4. The minimum atomic E-state index is -1.27. The van der Waals surface area contributed by atoms with Gasteiger partial charge in [-0.1, -0.05) is 50.6 Å². The molecule has 0 radical (unpaired) electrons. The molecule has 8 heteroatoms. The lowest BCUT2D eigenvalue weighted by Crippen LogP contribution is -2.56. The maximum absolute atomic E-state index is 13.6. The van der Waals surface area contributed by atoms with E-state index in [-0.39, 0.29) is 5.91 Å². The minimum Gasteiger partial charge on any atom is -0.444 e. The van der Waals surface area contributed by atoms with E-state index in [1.165, 1.54) is 4.90 Å². The molecule has 0 aliphatic carbocycles. The highest BCUT2D eigenvalue weighted by molar-refractivity contribution is 5.92. The average Bonchev–Trinajstić information content (AvgIpc) is 2.76. The molecular weight excluding hydrogens is 434 g/mol. The van der Waals surface area contributed by atoms with Crippen LogP contribution in [0.5, 0.6) is 0 Å². The van der Waals surface area contributed by atoms with Gasteiger partial charge in [0.2, 0.25) is 11.8 Å². The molecule has 0 saturated carbocycles. The van der Waals surface area contributed by atoms with Gasteiger partial charge in [0.1, 0.15) is 17.7 Å². The number of alkyl carbamates (subject to hydrolysis) is 1. The number of hydrogen-bond donors (Lipinski definition) is 3. The van der Waals surface area contributed by atoms with E-state index in [0.717, 1.165) is 24.8 Å². The molecule has 1 aromatic rings. The van der Waals surface area contributed by atoms with Crippen molar-refractivity contribution < 1.29 is 24.2 Å². The number of nitrogens with one attached hydrogen (secondary N) is 2. The summed E-state index contributed by atoms with van der Waals surface area (Å²) >= 11 is 0. The number of hydrogen-bond acceptors (Lipinski definition) is 5. The van der Waals surface area contributed by atoms with Crippen molar-refractivity contribution in [1.82, 2.24) is 15.5 Å². The predicted octanol–water partition coefficient (Wildman–Crippen LogP) is 3.80. The SMILES string of the molecule is C=Cc1cccc(C(C(=O)NCCCCC)N(C(=O)C(CO)NC(=O)OC(C)(C)C)C(C)C)c1. The molecule has 0 aromatic heterocycles. The van der Waals surface area contributed by atoms with Gasteiger partial charge in [-0.25, -0.2) is 4.79 Å². The number of carbonyl (C=O) groups excluding carboxylic acids is 3. The van der Waals surface area contributed by atoms with E-state index in [1.807, 2.05) is 6.07 Å². The summed E-state index contributed by atoms with van der Waals surface area (Å²) in [4.78, 5) is 40.6. The summed E-state index contributed by atoms with van der Waals surface area (Å²) in [6.07, 6.45) is 3.68. The first-order valence-electron chi connectivity index (χ1n) is 11.9. The fraction of sp³-hybridized carbons (Fsp3) is 0.577. The van der Waals surface area contributed by atoms with E-state index in [4.69, 9.17) is 4.74 Å². The molecule has 2 atom stereocenters. The van der Waals surface area contributed by atoms with Crippen molar-refractivity contribution in [2.75, 3.05) is 13.2 Å². The van der Waals surface area contributed by atoms with Crippen molar-refractivity contribution in [3.05, 3.63) is 42.0 Å². The third-order valence-electron chi connectivity index (χ3n) is 5.05. The number of amides is 3. The lowest BCUT2D eigenvalue weighted by Gasteiger charge is -2.37. The average molecular weight is 476 g/mol. The van der Waals surface area contributed by atoms with Crippen LogP contribution in [-0.2, 0) is 14.3 Å². The zero-order chi connectivity index (χ0) is 25.9. The van der Waals surface area contributed by atoms with Crippen LogP contribution in [0.4, 0.5) is 4.79 Å². The fourth-order valence-corrected chi connectivity index (χ4v) is 3.47. The van der Waals surface area contributed by atoms with Gasteiger partial charge in [-0.3, -0.25) is 9.59 Å². The van der Waals surface area contributed by atoms with Gasteiger partial charge in [-0.2, -0.15) is 0 Å². The molecule has 0 heterocycles. The molecular formula is C26H41N3O5. The van der Waals surface area contributed by atoms with Gasteiger partial charge in [0.05, 0.1) is 6.61 Å². The first-order valence-corrected chi connectivity index (χ1v) is 11.9. The Morgan fingerprint density at radius 2 is 1.88 bits per heavy atom. The van der Waals surface area contributed by atoms with Gasteiger partial charge in [0, 0.05) is 12.6 Å². The Kier molecular flexibility index (Phi) is 11.8. The lowest BCUT2D eigenvalue weighted by atomic mass is 9.99. The smallest absolute Gasteiger partial charge is 0.408 e. The van der Waals surface area contributed by atoms with Crippen LogP contribution in [0.3, 0.4) is 0 Å². The van der Waals surface area contributed by atoms with E-state index < -0.39 is 42.3 Å². The summed E-state index contributed by atoms with van der Waals surface area (Å²) in [6.45, 7) is 14.4. The van der Waals surface area contributed by atoms with Crippen LogP contribution >= 0.6 is 0 Å². The number of nitrogens with zero attached hydrogens (tertiary/aromatic N) is 1. The van der Waals surface area contributed by atoms with E-state index in [2.05, 4.69) is 24.1 Å². The molecule has 0 aliphatic rings. The van der Waals surface area contributed by atoms with Gasteiger partial charge in [0.15, 0.2) is 0 Å². The van der Waals surface area contributed by atoms with Gasteiger partial charge >= 0.3 is 6.09 Å². The molecule has 3 amide bonds. The summed E-state index contributed by atoms with van der Waals surface area (Å²) in [6, 6.07) is 4.62. The topological polar surface area (TPSA) is 108 Å². The highest BCUT2D eigenvalue weighted by atomic mass is 16.6. The second-order valence-electron chi connectivity index (χ2n) is 9.50. The number of ether oxygens (including phenoxy) is 1. The maximum atomic E-state index is 13.6. The lowest BCUT2D eigenvalue weighted by molar-refractivity contribution is -0.145. The standard InChI is InChI=1S/C26H41N3O5/c1-8-10-11-15-27-23(31)22(20-14-12-13-19(9-2)16-20)29(18(3)4)24(32)21(17-30)28-25(33)34-26(5,6)7/h9,12-14,16,18,21-22,30H,2,8,10-11,15,17H2,1,3-7H3,(H,27,31)(H,28,33). The van der Waals surface area contributed by atoms with Crippen LogP contribution in [0.15, 0.2) is 30.8 Å². The monoisotopic (exact) mass is 475 g/mol. The van der Waals surface area contributed by atoms with Crippen LogP contribution < -0.4 is 10.6 Å². The fourth-order valence-electron chi connectivity index (χ4n) is 3.47. The van der Waals surface area contributed by atoms with Crippen LogP contribution in [0.1, 0.15) is 78.0 Å². The van der Waals surface area contributed by atoms with Crippen molar-refractivity contribution in [3.8, 4) is 0 Å². The summed E-state index contributed by atoms with van der Waals surface area (Å²) in [5.41, 5.74) is 0.654. The first-order chi connectivity index (χ1) is 15.9. The molecule has 34 heavy (non-hydrogen) atoms. The molecule has 0 fully saturated rings.